The van der Waals surface area contributed by atoms with Crippen LogP contribution in [0.5, 0.6) is 0 Å². The number of carboxylic acid groups (broad SMARTS) is 6. The Morgan fingerprint density at radius 2 is 0.844 bits per heavy atom. The van der Waals surface area contributed by atoms with E-state index in [1.807, 2.05) is 0 Å². The zero-order valence-corrected chi connectivity index (χ0v) is 16.6. The maximum atomic E-state index is 10.3. The number of hydrogen-bond acceptors (Lipinski definition) is 8. The monoisotopic (exact) mass is 460 g/mol. The van der Waals surface area contributed by atoms with Crippen LogP contribution >= 0.6 is 0 Å². The molecule has 14 heteroatoms. The Kier molecular flexibility index (Phi) is 14.8. The molecule has 1 rings (SSSR count). The summed E-state index contributed by atoms with van der Waals surface area (Å²) in [5.74, 6) is -6.52. The molecule has 0 aliphatic rings. The number of carboxylic acids is 6. The molecule has 0 bridgehead atoms. The van der Waals surface area contributed by atoms with Crippen molar-refractivity contribution in [3.63, 3.8) is 0 Å². The van der Waals surface area contributed by atoms with Crippen LogP contribution in [0.4, 0.5) is 0 Å². The van der Waals surface area contributed by atoms with Crippen molar-refractivity contribution in [2.24, 2.45) is 11.5 Å². The Morgan fingerprint density at radius 3 is 1.00 bits per heavy atom. The number of rotatable bonds is 10. The molecule has 0 spiro atoms. The van der Waals surface area contributed by atoms with Crippen LogP contribution in [-0.2, 0) is 19.2 Å². The Hall–Kier alpha value is -4.04. The second-order valence-corrected chi connectivity index (χ2v) is 5.94. The fourth-order valence-electron chi connectivity index (χ4n) is 1.56. The maximum absolute atomic E-state index is 10.3. The molecule has 0 aromatic heterocycles. The summed E-state index contributed by atoms with van der Waals surface area (Å²) in [5, 5.41) is 49.5. The third-order valence-corrected chi connectivity index (χ3v) is 3.35. The van der Waals surface area contributed by atoms with Crippen molar-refractivity contribution in [1.29, 1.82) is 0 Å². The molecule has 178 valence electrons. The molecule has 32 heavy (non-hydrogen) atoms. The summed E-state index contributed by atoms with van der Waals surface area (Å²) < 4.78 is 0. The van der Waals surface area contributed by atoms with Gasteiger partial charge >= 0.3 is 35.8 Å². The van der Waals surface area contributed by atoms with Gasteiger partial charge in [-0.3, -0.25) is 19.2 Å². The maximum Gasteiger partial charge on any atom is 0.335 e. The minimum Gasteiger partial charge on any atom is -0.481 e. The fraction of sp³-hybridized carbons (Fsp3) is 0.333. The van der Waals surface area contributed by atoms with Crippen LogP contribution in [0.1, 0.15) is 46.4 Å². The molecule has 0 fully saturated rings. The standard InChI is InChI=1S/C8H6O4.2C5H9NO4/c9-7(10)5-1-2-6(4-3-5)8(11)12;2*6-3(5(9)10)1-2-4(7)8/h1-4H,(H,9,10)(H,11,12);2*3H,1-2,6H2,(H,7,8)(H,9,10). The van der Waals surface area contributed by atoms with E-state index in [0.717, 1.165) is 0 Å². The highest BCUT2D eigenvalue weighted by Crippen LogP contribution is 2.03. The van der Waals surface area contributed by atoms with Gasteiger partial charge in [-0.25, -0.2) is 9.59 Å². The first-order valence-corrected chi connectivity index (χ1v) is 8.66. The van der Waals surface area contributed by atoms with Gasteiger partial charge < -0.3 is 42.1 Å². The number of carbonyl (C=O) groups is 6. The molecular weight excluding hydrogens is 436 g/mol. The predicted molar refractivity (Wildman–Crippen MR) is 105 cm³/mol. The highest BCUT2D eigenvalue weighted by atomic mass is 16.4. The molecule has 0 heterocycles. The Balaban J connectivity index is 0. The summed E-state index contributed by atoms with van der Waals surface area (Å²) in [6.45, 7) is 0. The Morgan fingerprint density at radius 1 is 0.594 bits per heavy atom. The summed E-state index contributed by atoms with van der Waals surface area (Å²) in [6, 6.07) is 2.90. The lowest BCUT2D eigenvalue weighted by molar-refractivity contribution is -0.141. The molecule has 10 N–H and O–H groups in total. The van der Waals surface area contributed by atoms with E-state index in [9.17, 15) is 28.8 Å². The van der Waals surface area contributed by atoms with Crippen molar-refractivity contribution >= 4 is 35.8 Å². The van der Waals surface area contributed by atoms with Crippen molar-refractivity contribution in [1.82, 2.24) is 0 Å². The number of nitrogens with two attached hydrogens (primary N) is 2. The van der Waals surface area contributed by atoms with Gasteiger partial charge in [0, 0.05) is 12.8 Å². The van der Waals surface area contributed by atoms with E-state index < -0.39 is 47.9 Å². The predicted octanol–water partition coefficient (Wildman–Crippen LogP) is -0.391. The Labute approximate surface area is 180 Å². The topological polar surface area (TPSA) is 276 Å². The van der Waals surface area contributed by atoms with Crippen LogP contribution in [0.3, 0.4) is 0 Å². The third kappa shape index (κ3) is 15.8. The first-order chi connectivity index (χ1) is 14.7. The van der Waals surface area contributed by atoms with E-state index in [-0.39, 0.29) is 36.8 Å². The lowest BCUT2D eigenvalue weighted by atomic mass is 10.1. The van der Waals surface area contributed by atoms with Crippen molar-refractivity contribution in [3.8, 4) is 0 Å². The number of aliphatic carboxylic acids is 4. The van der Waals surface area contributed by atoms with Gasteiger partial charge in [0.2, 0.25) is 0 Å². The second-order valence-electron chi connectivity index (χ2n) is 5.94. The minimum atomic E-state index is -1.17. The van der Waals surface area contributed by atoms with Gasteiger partial charge in [0.15, 0.2) is 0 Å². The van der Waals surface area contributed by atoms with Gasteiger partial charge in [0.05, 0.1) is 11.1 Å². The smallest absolute Gasteiger partial charge is 0.335 e. The summed E-state index contributed by atoms with van der Waals surface area (Å²) >= 11 is 0. The number of hydrogen-bond donors (Lipinski definition) is 8. The average Bonchev–Trinajstić information content (AvgIpc) is 2.70. The van der Waals surface area contributed by atoms with E-state index in [2.05, 4.69) is 0 Å². The normalized spacial score (nSPS) is 11.3. The van der Waals surface area contributed by atoms with Crippen molar-refractivity contribution < 1.29 is 59.4 Å². The molecule has 1 aromatic carbocycles. The van der Waals surface area contributed by atoms with Crippen LogP contribution in [0.2, 0.25) is 0 Å². The molecule has 0 saturated heterocycles. The van der Waals surface area contributed by atoms with Gasteiger partial charge in [-0.05, 0) is 37.1 Å². The summed E-state index contributed by atoms with van der Waals surface area (Å²) in [7, 11) is 0. The molecular formula is C18H24N2O12. The lowest BCUT2D eigenvalue weighted by Crippen LogP contribution is -2.30. The van der Waals surface area contributed by atoms with Crippen LogP contribution in [0.15, 0.2) is 24.3 Å². The lowest BCUT2D eigenvalue weighted by Gasteiger charge is -2.01. The Bertz CT molecular complexity index is 740. The van der Waals surface area contributed by atoms with Crippen molar-refractivity contribution in [2.45, 2.75) is 37.8 Å². The second kappa shape index (κ2) is 15.8. The molecule has 0 saturated carbocycles. The van der Waals surface area contributed by atoms with Crippen molar-refractivity contribution in [3.05, 3.63) is 35.4 Å². The fourth-order valence-corrected chi connectivity index (χ4v) is 1.56. The van der Waals surface area contributed by atoms with E-state index >= 15 is 0 Å². The number of benzene rings is 1. The first-order valence-electron chi connectivity index (χ1n) is 8.66. The average molecular weight is 460 g/mol. The molecule has 14 nitrogen and oxygen atoms in total. The van der Waals surface area contributed by atoms with Gasteiger partial charge in [0.25, 0.3) is 0 Å². The van der Waals surface area contributed by atoms with E-state index in [1.54, 1.807) is 0 Å². The quantitative estimate of drug-likeness (QED) is 0.221. The molecule has 0 aliphatic heterocycles. The summed E-state index contributed by atoms with van der Waals surface area (Å²) in [5.41, 5.74) is 10.2. The largest absolute Gasteiger partial charge is 0.481 e. The van der Waals surface area contributed by atoms with Crippen LogP contribution in [-0.4, -0.2) is 78.5 Å². The van der Waals surface area contributed by atoms with E-state index in [1.165, 1.54) is 24.3 Å². The van der Waals surface area contributed by atoms with Gasteiger partial charge in [-0.15, -0.1) is 0 Å². The van der Waals surface area contributed by atoms with Crippen molar-refractivity contribution in [2.75, 3.05) is 0 Å². The zero-order chi connectivity index (χ0) is 25.4. The molecule has 2 unspecified atom stereocenters. The van der Waals surface area contributed by atoms with Gasteiger partial charge in [-0.2, -0.15) is 0 Å². The van der Waals surface area contributed by atoms with Crippen LogP contribution < -0.4 is 11.5 Å². The van der Waals surface area contributed by atoms with Gasteiger partial charge in [-0.1, -0.05) is 0 Å². The summed E-state index contributed by atoms with van der Waals surface area (Å²) in [6.07, 6.45) is -0.448. The van der Waals surface area contributed by atoms with Crippen LogP contribution in [0, 0.1) is 0 Å². The minimum absolute atomic E-state index is 0.0231. The molecule has 1 aromatic rings. The van der Waals surface area contributed by atoms with E-state index in [0.29, 0.717) is 0 Å². The SMILES string of the molecule is NC(CCC(=O)O)C(=O)O.NC(CCC(=O)O)C(=O)O.O=C(O)c1ccc(C(=O)O)cc1. The highest BCUT2D eigenvalue weighted by molar-refractivity contribution is 5.91. The number of aromatic carboxylic acids is 2. The molecule has 0 amide bonds. The molecule has 0 aliphatic carbocycles. The van der Waals surface area contributed by atoms with E-state index in [4.69, 9.17) is 42.1 Å². The first kappa shape index (κ1) is 30.2. The molecule has 0 radical (unpaired) electrons. The van der Waals surface area contributed by atoms with Crippen LogP contribution in [0.25, 0.3) is 0 Å². The summed E-state index contributed by atoms with van der Waals surface area (Å²) in [4.78, 5) is 60.4. The molecule has 2 atom stereocenters. The van der Waals surface area contributed by atoms with Gasteiger partial charge in [0.1, 0.15) is 12.1 Å². The third-order valence-electron chi connectivity index (χ3n) is 3.35. The highest BCUT2D eigenvalue weighted by Gasteiger charge is 2.13. The zero-order valence-electron chi connectivity index (χ0n) is 16.6.